The minimum Gasteiger partial charge on any atom is -0.459 e. The highest BCUT2D eigenvalue weighted by Gasteiger charge is 2.34. The molecule has 0 radical (unpaired) electrons. The molecule has 1 amide bonds. The van der Waals surface area contributed by atoms with E-state index in [1.165, 1.54) is 24.5 Å². The van der Waals surface area contributed by atoms with Gasteiger partial charge in [0.2, 0.25) is 0 Å². The van der Waals surface area contributed by atoms with Crippen molar-refractivity contribution >= 4 is 21.6 Å². The van der Waals surface area contributed by atoms with E-state index >= 15 is 0 Å². The van der Waals surface area contributed by atoms with E-state index in [-0.39, 0.29) is 10.7 Å². The van der Waals surface area contributed by atoms with Gasteiger partial charge in [-0.25, -0.2) is 8.42 Å². The van der Waals surface area contributed by atoms with E-state index in [0.29, 0.717) is 11.3 Å². The lowest BCUT2D eigenvalue weighted by Gasteiger charge is -2.24. The highest BCUT2D eigenvalue weighted by Crippen LogP contribution is 2.30. The van der Waals surface area contributed by atoms with Crippen molar-refractivity contribution in [1.29, 1.82) is 0 Å². The molecule has 1 heterocycles. The third-order valence-corrected chi connectivity index (χ3v) is 5.70. The Bertz CT molecular complexity index is 993. The molecule has 3 rings (SSSR count). The monoisotopic (exact) mass is 355 g/mol. The normalized spacial score (nSPS) is 11.3. The molecule has 0 aliphatic rings. The van der Waals surface area contributed by atoms with Crippen LogP contribution in [0.3, 0.4) is 0 Å². The van der Waals surface area contributed by atoms with Crippen LogP contribution >= 0.6 is 0 Å². The zero-order valence-electron chi connectivity index (χ0n) is 13.8. The Morgan fingerprint density at radius 2 is 1.64 bits per heavy atom. The Balaban J connectivity index is 2.23. The first-order chi connectivity index (χ1) is 11.9. The van der Waals surface area contributed by atoms with Gasteiger partial charge in [0.05, 0.1) is 16.8 Å². The molecule has 0 fully saturated rings. The Hall–Kier alpha value is -2.86. The lowest BCUT2D eigenvalue weighted by molar-refractivity contribution is 0.0979. The molecule has 0 N–H and O–H groups in total. The van der Waals surface area contributed by atoms with Crippen molar-refractivity contribution in [3.63, 3.8) is 0 Å². The molecule has 0 saturated carbocycles. The number of carbonyl (C=O) groups is 1. The molecule has 0 aliphatic heterocycles. The summed E-state index contributed by atoms with van der Waals surface area (Å²) in [7, 11) is -4.09. The minimum atomic E-state index is -4.09. The number of nitrogens with zero attached hydrogens (tertiary/aromatic N) is 1. The molecular weight excluding hydrogens is 338 g/mol. The van der Waals surface area contributed by atoms with Crippen LogP contribution in [-0.2, 0) is 10.0 Å². The molecule has 0 saturated heterocycles. The van der Waals surface area contributed by atoms with Crippen LogP contribution in [0.1, 0.15) is 21.7 Å². The third-order valence-electron chi connectivity index (χ3n) is 3.99. The molecule has 6 heteroatoms. The van der Waals surface area contributed by atoms with Crippen LogP contribution in [0.25, 0.3) is 0 Å². The van der Waals surface area contributed by atoms with E-state index in [1.54, 1.807) is 43.3 Å². The van der Waals surface area contributed by atoms with Crippen molar-refractivity contribution < 1.29 is 17.6 Å². The van der Waals surface area contributed by atoms with Gasteiger partial charge in [0, 0.05) is 0 Å². The number of anilines is 1. The predicted molar refractivity (Wildman–Crippen MR) is 95.1 cm³/mol. The van der Waals surface area contributed by atoms with E-state index in [1.807, 2.05) is 13.0 Å². The maximum Gasteiger partial charge on any atom is 0.307 e. The van der Waals surface area contributed by atoms with Crippen molar-refractivity contribution in [2.24, 2.45) is 0 Å². The van der Waals surface area contributed by atoms with Crippen molar-refractivity contribution in [2.75, 3.05) is 4.31 Å². The van der Waals surface area contributed by atoms with Crippen LogP contribution < -0.4 is 4.31 Å². The zero-order valence-corrected chi connectivity index (χ0v) is 14.7. The van der Waals surface area contributed by atoms with Crippen LogP contribution in [0.4, 0.5) is 5.69 Å². The Morgan fingerprint density at radius 1 is 0.920 bits per heavy atom. The summed E-state index contributed by atoms with van der Waals surface area (Å²) in [4.78, 5) is 13.0. The van der Waals surface area contributed by atoms with E-state index in [4.69, 9.17) is 4.42 Å². The molecule has 0 atom stereocenters. The summed E-state index contributed by atoms with van der Waals surface area (Å²) in [6.45, 7) is 3.65. The van der Waals surface area contributed by atoms with E-state index in [9.17, 15) is 13.2 Å². The number of carbonyl (C=O) groups excluding carboxylic acids is 1. The smallest absolute Gasteiger partial charge is 0.307 e. The van der Waals surface area contributed by atoms with Crippen LogP contribution in [0.2, 0.25) is 0 Å². The summed E-state index contributed by atoms with van der Waals surface area (Å²) >= 11 is 0. The second-order valence-electron chi connectivity index (χ2n) is 5.58. The van der Waals surface area contributed by atoms with Gasteiger partial charge in [-0.3, -0.25) is 4.79 Å². The van der Waals surface area contributed by atoms with Crippen LogP contribution in [-0.4, -0.2) is 14.3 Å². The topological polar surface area (TPSA) is 67.6 Å². The van der Waals surface area contributed by atoms with Gasteiger partial charge in [0.1, 0.15) is 0 Å². The maximum atomic E-state index is 13.2. The van der Waals surface area contributed by atoms with Crippen molar-refractivity contribution in [3.05, 3.63) is 83.8 Å². The number of hydrogen-bond donors (Lipinski definition) is 0. The minimum absolute atomic E-state index is 0.0378. The number of aryl methyl sites for hydroxylation is 1. The zero-order chi connectivity index (χ0) is 18.0. The number of hydrogen-bond acceptors (Lipinski definition) is 4. The molecule has 5 nitrogen and oxygen atoms in total. The first kappa shape index (κ1) is 17.0. The molecule has 1 aromatic heterocycles. The highest BCUT2D eigenvalue weighted by molar-refractivity contribution is 7.93. The van der Waals surface area contributed by atoms with E-state index in [0.717, 1.165) is 9.87 Å². The van der Waals surface area contributed by atoms with Crippen LogP contribution in [0, 0.1) is 13.8 Å². The van der Waals surface area contributed by atoms with Gasteiger partial charge in [-0.2, -0.15) is 4.31 Å². The fraction of sp³-hybridized carbons (Fsp3) is 0.105. The number of rotatable bonds is 4. The van der Waals surface area contributed by atoms with Crippen LogP contribution in [0.5, 0.6) is 0 Å². The van der Waals surface area contributed by atoms with E-state index in [2.05, 4.69) is 0 Å². The summed E-state index contributed by atoms with van der Waals surface area (Å²) < 4.78 is 32.3. The summed E-state index contributed by atoms with van der Waals surface area (Å²) in [5, 5.41) is 0. The van der Waals surface area contributed by atoms with Gasteiger partial charge in [-0.15, -0.1) is 0 Å². The first-order valence-electron chi connectivity index (χ1n) is 7.67. The van der Waals surface area contributed by atoms with Crippen molar-refractivity contribution in [3.8, 4) is 0 Å². The van der Waals surface area contributed by atoms with Crippen molar-refractivity contribution in [1.82, 2.24) is 0 Å². The summed E-state index contributed by atoms with van der Waals surface area (Å²) in [6.07, 6.45) is 1.34. The molecule has 0 unspecified atom stereocenters. The quantitative estimate of drug-likeness (QED) is 0.711. The van der Waals surface area contributed by atoms with Crippen molar-refractivity contribution in [2.45, 2.75) is 18.7 Å². The second kappa shape index (κ2) is 6.57. The van der Waals surface area contributed by atoms with Gasteiger partial charge in [0.25, 0.3) is 10.0 Å². The van der Waals surface area contributed by atoms with Gasteiger partial charge in [-0.05, 0) is 55.3 Å². The maximum absolute atomic E-state index is 13.2. The highest BCUT2D eigenvalue weighted by atomic mass is 32.2. The molecule has 3 aromatic rings. The fourth-order valence-corrected chi connectivity index (χ4v) is 3.98. The number of sulfonamides is 1. The molecule has 128 valence electrons. The standard InChI is InChI=1S/C19H17NO4S/c1-14-8-6-11-17(15(14)2)20(19(21)18-12-7-13-24-18)25(22,23)16-9-4-3-5-10-16/h3-13H,1-2H3. The third kappa shape index (κ3) is 3.08. The van der Waals surface area contributed by atoms with Crippen LogP contribution in [0.15, 0.2) is 76.2 Å². The van der Waals surface area contributed by atoms with Gasteiger partial charge in [0.15, 0.2) is 5.76 Å². The van der Waals surface area contributed by atoms with Gasteiger partial charge >= 0.3 is 5.91 Å². The average molecular weight is 355 g/mol. The molecular formula is C19H17NO4S. The second-order valence-corrected chi connectivity index (χ2v) is 7.37. The molecule has 0 bridgehead atoms. The summed E-state index contributed by atoms with van der Waals surface area (Å²) in [5.74, 6) is -0.775. The number of benzene rings is 2. The number of amides is 1. The molecule has 25 heavy (non-hydrogen) atoms. The molecule has 0 aliphatic carbocycles. The Kier molecular flexibility index (Phi) is 4.46. The van der Waals surface area contributed by atoms with Gasteiger partial charge < -0.3 is 4.42 Å². The lowest BCUT2D eigenvalue weighted by Crippen LogP contribution is -2.37. The average Bonchev–Trinajstić information content (AvgIpc) is 3.14. The lowest BCUT2D eigenvalue weighted by atomic mass is 10.1. The Morgan fingerprint density at radius 3 is 2.28 bits per heavy atom. The predicted octanol–water partition coefficient (Wildman–Crippen LogP) is 3.93. The SMILES string of the molecule is Cc1cccc(N(C(=O)c2ccco2)S(=O)(=O)c2ccccc2)c1C. The van der Waals surface area contributed by atoms with E-state index < -0.39 is 15.9 Å². The fourth-order valence-electron chi connectivity index (χ4n) is 2.50. The Labute approximate surface area is 146 Å². The number of furan rings is 1. The molecule has 2 aromatic carbocycles. The largest absolute Gasteiger partial charge is 0.459 e. The molecule has 0 spiro atoms. The summed E-state index contributed by atoms with van der Waals surface area (Å²) in [5.41, 5.74) is 1.91. The summed E-state index contributed by atoms with van der Waals surface area (Å²) in [6, 6.07) is 16.1. The van der Waals surface area contributed by atoms with Gasteiger partial charge in [-0.1, -0.05) is 30.3 Å². The first-order valence-corrected chi connectivity index (χ1v) is 9.11.